The lowest BCUT2D eigenvalue weighted by Crippen LogP contribution is -2.24. The molecule has 1 aliphatic rings. The summed E-state index contributed by atoms with van der Waals surface area (Å²) in [6.45, 7) is 6.24. The molecule has 13 heavy (non-hydrogen) atoms. The summed E-state index contributed by atoms with van der Waals surface area (Å²) in [5, 5.41) is 3.25. The molecular formula is C11H21NO. The molecule has 0 aromatic heterocycles. The number of hydrogen-bond acceptors (Lipinski definition) is 2. The molecule has 2 atom stereocenters. The van der Waals surface area contributed by atoms with Gasteiger partial charge in [-0.15, -0.1) is 0 Å². The zero-order chi connectivity index (χ0) is 9.68. The van der Waals surface area contributed by atoms with E-state index < -0.39 is 0 Å². The topological polar surface area (TPSA) is 21.3 Å². The van der Waals surface area contributed by atoms with Gasteiger partial charge in [0.25, 0.3) is 0 Å². The lowest BCUT2D eigenvalue weighted by molar-refractivity contribution is 0.0707. The third-order valence-electron chi connectivity index (χ3n) is 2.81. The molecule has 2 nitrogen and oxygen atoms in total. The first kappa shape index (κ1) is 10.7. The first-order valence-electron chi connectivity index (χ1n) is 5.17. The average Bonchev–Trinajstić information content (AvgIpc) is 2.18. The van der Waals surface area contributed by atoms with E-state index in [1.165, 1.54) is 18.4 Å². The second kappa shape index (κ2) is 5.40. The van der Waals surface area contributed by atoms with Crippen molar-refractivity contribution in [3.8, 4) is 0 Å². The first-order chi connectivity index (χ1) is 6.24. The molecule has 0 saturated carbocycles. The maximum atomic E-state index is 5.43. The fraction of sp³-hybridized carbons (Fsp3) is 0.818. The van der Waals surface area contributed by atoms with E-state index >= 15 is 0 Å². The quantitative estimate of drug-likeness (QED) is 0.675. The number of nitrogens with one attached hydrogen (secondary N) is 1. The van der Waals surface area contributed by atoms with Crippen molar-refractivity contribution >= 4 is 0 Å². The molecule has 0 radical (unpaired) electrons. The standard InChI is InChI=1S/C11H21NO/c1-9(10(2)12-3)7-11-5-4-6-13-8-11/h7,10-12H,4-6,8H2,1-3H3/b9-7+. The van der Waals surface area contributed by atoms with Crippen molar-refractivity contribution in [1.82, 2.24) is 5.32 Å². The van der Waals surface area contributed by atoms with Crippen molar-refractivity contribution in [2.45, 2.75) is 32.7 Å². The Kier molecular flexibility index (Phi) is 4.46. The molecule has 0 amide bonds. The number of rotatable bonds is 3. The highest BCUT2D eigenvalue weighted by molar-refractivity contribution is 5.08. The molecule has 0 bridgehead atoms. The molecule has 1 aliphatic heterocycles. The van der Waals surface area contributed by atoms with Crippen molar-refractivity contribution in [2.75, 3.05) is 20.3 Å². The normalized spacial score (nSPS) is 27.3. The molecule has 2 heteroatoms. The largest absolute Gasteiger partial charge is 0.381 e. The van der Waals surface area contributed by atoms with Crippen molar-refractivity contribution in [3.05, 3.63) is 11.6 Å². The Morgan fingerprint density at radius 2 is 2.38 bits per heavy atom. The molecular weight excluding hydrogens is 162 g/mol. The predicted octanol–water partition coefficient (Wildman–Crippen LogP) is 1.97. The van der Waals surface area contributed by atoms with Gasteiger partial charge < -0.3 is 10.1 Å². The Morgan fingerprint density at radius 1 is 1.62 bits per heavy atom. The number of hydrogen-bond donors (Lipinski definition) is 1. The van der Waals surface area contributed by atoms with E-state index in [9.17, 15) is 0 Å². The minimum Gasteiger partial charge on any atom is -0.381 e. The summed E-state index contributed by atoms with van der Waals surface area (Å²) in [5.41, 5.74) is 1.43. The Bertz CT molecular complexity index is 171. The summed E-state index contributed by atoms with van der Waals surface area (Å²) >= 11 is 0. The lowest BCUT2D eigenvalue weighted by Gasteiger charge is -2.21. The third kappa shape index (κ3) is 3.49. The maximum Gasteiger partial charge on any atom is 0.0528 e. The van der Waals surface area contributed by atoms with Crippen LogP contribution in [0.25, 0.3) is 0 Å². The van der Waals surface area contributed by atoms with Crippen LogP contribution in [-0.4, -0.2) is 26.3 Å². The molecule has 1 saturated heterocycles. The van der Waals surface area contributed by atoms with Crippen LogP contribution in [-0.2, 0) is 4.74 Å². The molecule has 1 fully saturated rings. The number of likely N-dealkylation sites (N-methyl/N-ethyl adjacent to an activating group) is 1. The summed E-state index contributed by atoms with van der Waals surface area (Å²) < 4.78 is 5.43. The highest BCUT2D eigenvalue weighted by Gasteiger charge is 2.12. The minimum absolute atomic E-state index is 0.488. The highest BCUT2D eigenvalue weighted by atomic mass is 16.5. The van der Waals surface area contributed by atoms with Crippen molar-refractivity contribution in [2.24, 2.45) is 5.92 Å². The van der Waals surface area contributed by atoms with Gasteiger partial charge in [0, 0.05) is 18.6 Å². The van der Waals surface area contributed by atoms with Crippen molar-refractivity contribution in [3.63, 3.8) is 0 Å². The average molecular weight is 183 g/mol. The van der Waals surface area contributed by atoms with Crippen LogP contribution in [0.4, 0.5) is 0 Å². The van der Waals surface area contributed by atoms with Crippen LogP contribution in [0.15, 0.2) is 11.6 Å². The van der Waals surface area contributed by atoms with Crippen LogP contribution in [0.2, 0.25) is 0 Å². The molecule has 0 aromatic rings. The molecule has 2 unspecified atom stereocenters. The third-order valence-corrected chi connectivity index (χ3v) is 2.81. The Balaban J connectivity index is 2.42. The van der Waals surface area contributed by atoms with Crippen LogP contribution in [0.5, 0.6) is 0 Å². The Morgan fingerprint density at radius 3 is 2.92 bits per heavy atom. The zero-order valence-corrected chi connectivity index (χ0v) is 8.97. The van der Waals surface area contributed by atoms with E-state index in [-0.39, 0.29) is 0 Å². The van der Waals surface area contributed by atoms with Gasteiger partial charge >= 0.3 is 0 Å². The zero-order valence-electron chi connectivity index (χ0n) is 8.97. The summed E-state index contributed by atoms with van der Waals surface area (Å²) in [5.74, 6) is 0.643. The Hall–Kier alpha value is -0.340. The van der Waals surface area contributed by atoms with Crippen molar-refractivity contribution < 1.29 is 4.74 Å². The van der Waals surface area contributed by atoms with Crippen LogP contribution in [0, 0.1) is 5.92 Å². The van der Waals surface area contributed by atoms with E-state index in [0.717, 1.165) is 13.2 Å². The van der Waals surface area contributed by atoms with Crippen LogP contribution >= 0.6 is 0 Å². The van der Waals surface area contributed by atoms with E-state index in [1.807, 2.05) is 7.05 Å². The van der Waals surface area contributed by atoms with Crippen LogP contribution in [0.3, 0.4) is 0 Å². The molecule has 76 valence electrons. The van der Waals surface area contributed by atoms with Gasteiger partial charge in [-0.3, -0.25) is 0 Å². The number of ether oxygens (including phenoxy) is 1. The van der Waals surface area contributed by atoms with E-state index in [4.69, 9.17) is 4.74 Å². The van der Waals surface area contributed by atoms with E-state index in [1.54, 1.807) is 0 Å². The Labute approximate surface area is 81.4 Å². The second-order valence-electron chi connectivity index (χ2n) is 3.90. The van der Waals surface area contributed by atoms with E-state index in [2.05, 4.69) is 25.2 Å². The SMILES string of the molecule is CNC(C)/C(C)=C/C1CCCOC1. The molecule has 1 N–H and O–H groups in total. The maximum absolute atomic E-state index is 5.43. The van der Waals surface area contributed by atoms with Crippen LogP contribution < -0.4 is 5.32 Å². The first-order valence-corrected chi connectivity index (χ1v) is 5.17. The smallest absolute Gasteiger partial charge is 0.0528 e. The monoisotopic (exact) mass is 183 g/mol. The van der Waals surface area contributed by atoms with Crippen LogP contribution in [0.1, 0.15) is 26.7 Å². The highest BCUT2D eigenvalue weighted by Crippen LogP contribution is 2.17. The van der Waals surface area contributed by atoms with Gasteiger partial charge in [0.05, 0.1) is 6.61 Å². The van der Waals surface area contributed by atoms with Crippen molar-refractivity contribution in [1.29, 1.82) is 0 Å². The lowest BCUT2D eigenvalue weighted by atomic mass is 9.97. The summed E-state index contributed by atoms with van der Waals surface area (Å²) in [7, 11) is 2.00. The molecule has 1 heterocycles. The second-order valence-corrected chi connectivity index (χ2v) is 3.90. The van der Waals surface area contributed by atoms with Gasteiger partial charge in [0.15, 0.2) is 0 Å². The molecule has 0 spiro atoms. The molecule has 0 aliphatic carbocycles. The predicted molar refractivity (Wildman–Crippen MR) is 55.8 cm³/mol. The van der Waals surface area contributed by atoms with E-state index in [0.29, 0.717) is 12.0 Å². The van der Waals surface area contributed by atoms with Gasteiger partial charge in [-0.1, -0.05) is 11.6 Å². The van der Waals surface area contributed by atoms with Gasteiger partial charge in [0.2, 0.25) is 0 Å². The summed E-state index contributed by atoms with van der Waals surface area (Å²) in [6, 6.07) is 0.488. The van der Waals surface area contributed by atoms with Gasteiger partial charge in [0.1, 0.15) is 0 Å². The van der Waals surface area contributed by atoms with Gasteiger partial charge in [-0.05, 0) is 33.7 Å². The summed E-state index contributed by atoms with van der Waals surface area (Å²) in [4.78, 5) is 0. The molecule has 0 aromatic carbocycles. The summed E-state index contributed by atoms with van der Waals surface area (Å²) in [6.07, 6.45) is 4.86. The van der Waals surface area contributed by atoms with Gasteiger partial charge in [-0.25, -0.2) is 0 Å². The van der Waals surface area contributed by atoms with Gasteiger partial charge in [-0.2, -0.15) is 0 Å². The fourth-order valence-electron chi connectivity index (χ4n) is 1.64. The fourth-order valence-corrected chi connectivity index (χ4v) is 1.64. The molecule has 1 rings (SSSR count). The minimum atomic E-state index is 0.488.